The van der Waals surface area contributed by atoms with Gasteiger partial charge in [-0.15, -0.1) is 4.91 Å². The van der Waals surface area contributed by atoms with Gasteiger partial charge < -0.3 is 13.9 Å². The molecular formula is C22H24N4O6S. The van der Waals surface area contributed by atoms with Gasteiger partial charge in [0.05, 0.1) is 13.4 Å². The van der Waals surface area contributed by atoms with Gasteiger partial charge in [0.1, 0.15) is 18.1 Å². The molecular weight excluding hydrogens is 448 g/mol. The summed E-state index contributed by atoms with van der Waals surface area (Å²) in [6.07, 6.45) is 4.58. The fourth-order valence-electron chi connectivity index (χ4n) is 3.34. The molecule has 0 saturated heterocycles. The monoisotopic (exact) mass is 472 g/mol. The van der Waals surface area contributed by atoms with E-state index in [1.807, 2.05) is 18.2 Å². The zero-order valence-corrected chi connectivity index (χ0v) is 19.0. The zero-order valence-electron chi connectivity index (χ0n) is 18.2. The third-order valence-corrected chi connectivity index (χ3v) is 5.88. The molecule has 10 nitrogen and oxygen atoms in total. The Hall–Kier alpha value is -3.31. The highest BCUT2D eigenvalue weighted by molar-refractivity contribution is 7.88. The molecule has 0 amide bonds. The molecule has 2 heterocycles. The van der Waals surface area contributed by atoms with E-state index in [-0.39, 0.29) is 19.1 Å². The lowest BCUT2D eigenvalue weighted by molar-refractivity contribution is 0.323. The minimum Gasteiger partial charge on any atom is -0.492 e. The number of ether oxygens (including phenoxy) is 2. The number of sulfonamides is 1. The molecule has 3 aromatic rings. The number of hydrogen-bond donors (Lipinski definition) is 1. The van der Waals surface area contributed by atoms with Crippen LogP contribution >= 0.6 is 0 Å². The standard InChI is InChI=1S/C22H24N4O6S/c1-30-18-10-7-16(13-23-18)19-21(32-22(25-19)20(26-27)14-3-4-14)15-5-8-17(9-6-15)31-12-11-24-33(2,28)29/h5-10,13-14,20,24H,3-4,11-12H2,1-2H3. The average molecular weight is 473 g/mol. The number of pyridine rings is 1. The molecule has 1 N–H and O–H groups in total. The molecule has 0 spiro atoms. The van der Waals surface area contributed by atoms with Crippen molar-refractivity contribution in [3.8, 4) is 34.2 Å². The van der Waals surface area contributed by atoms with Crippen molar-refractivity contribution in [2.45, 2.75) is 18.9 Å². The van der Waals surface area contributed by atoms with Crippen LogP contribution in [0.2, 0.25) is 0 Å². The van der Waals surface area contributed by atoms with Crippen LogP contribution < -0.4 is 14.2 Å². The molecule has 0 radical (unpaired) electrons. The van der Waals surface area contributed by atoms with E-state index in [1.165, 1.54) is 0 Å². The molecule has 1 fully saturated rings. The zero-order chi connectivity index (χ0) is 23.4. The number of oxazole rings is 1. The molecule has 1 aliphatic rings. The summed E-state index contributed by atoms with van der Waals surface area (Å²) in [5.74, 6) is 2.00. The summed E-state index contributed by atoms with van der Waals surface area (Å²) in [5.41, 5.74) is 2.01. The lowest BCUT2D eigenvalue weighted by Gasteiger charge is -2.07. The molecule has 0 aliphatic heterocycles. The van der Waals surface area contributed by atoms with Crippen LogP contribution in [0.3, 0.4) is 0 Å². The first kappa shape index (κ1) is 22.9. The van der Waals surface area contributed by atoms with Crippen LogP contribution in [0.5, 0.6) is 11.6 Å². The Morgan fingerprint density at radius 2 is 1.91 bits per heavy atom. The first-order chi connectivity index (χ1) is 15.9. The number of methoxy groups -OCH3 is 1. The van der Waals surface area contributed by atoms with Crippen LogP contribution in [0.15, 0.2) is 52.2 Å². The largest absolute Gasteiger partial charge is 0.492 e. The highest BCUT2D eigenvalue weighted by Gasteiger charge is 2.37. The smallest absolute Gasteiger partial charge is 0.224 e. The van der Waals surface area contributed by atoms with Gasteiger partial charge in [0, 0.05) is 29.9 Å². The van der Waals surface area contributed by atoms with Gasteiger partial charge >= 0.3 is 0 Å². The van der Waals surface area contributed by atoms with Gasteiger partial charge in [-0.3, -0.25) is 0 Å². The summed E-state index contributed by atoms with van der Waals surface area (Å²) in [7, 11) is -1.72. The first-order valence-electron chi connectivity index (χ1n) is 10.4. The number of nitrogens with one attached hydrogen (secondary N) is 1. The van der Waals surface area contributed by atoms with Crippen molar-refractivity contribution < 1.29 is 22.3 Å². The minimum absolute atomic E-state index is 0.159. The lowest BCUT2D eigenvalue weighted by Crippen LogP contribution is -2.26. The Morgan fingerprint density at radius 3 is 2.48 bits per heavy atom. The molecule has 33 heavy (non-hydrogen) atoms. The molecule has 1 aromatic carbocycles. The van der Waals surface area contributed by atoms with E-state index in [0.29, 0.717) is 34.5 Å². The van der Waals surface area contributed by atoms with Crippen molar-refractivity contribution in [2.24, 2.45) is 11.1 Å². The van der Waals surface area contributed by atoms with Crippen LogP contribution in [0.25, 0.3) is 22.6 Å². The predicted molar refractivity (Wildman–Crippen MR) is 121 cm³/mol. The topological polar surface area (TPSA) is 133 Å². The van der Waals surface area contributed by atoms with Crippen LogP contribution in [-0.4, -0.2) is 44.9 Å². The number of hydrogen-bond acceptors (Lipinski definition) is 9. The number of rotatable bonds is 11. The quantitative estimate of drug-likeness (QED) is 0.331. The number of nitroso groups, excluding NO2 is 1. The Balaban J connectivity index is 1.59. The van der Waals surface area contributed by atoms with Gasteiger partial charge in [0.2, 0.25) is 21.8 Å². The average Bonchev–Trinajstić information content (AvgIpc) is 3.55. The van der Waals surface area contributed by atoms with Crippen molar-refractivity contribution in [2.75, 3.05) is 26.5 Å². The van der Waals surface area contributed by atoms with E-state index in [2.05, 4.69) is 19.9 Å². The third kappa shape index (κ3) is 5.74. The maximum Gasteiger partial charge on any atom is 0.224 e. The maximum absolute atomic E-state index is 11.5. The fraction of sp³-hybridized carbons (Fsp3) is 0.364. The Labute approximate surface area is 191 Å². The predicted octanol–water partition coefficient (Wildman–Crippen LogP) is 3.56. The van der Waals surface area contributed by atoms with Gasteiger partial charge in [-0.05, 0) is 49.1 Å². The highest BCUT2D eigenvalue weighted by Crippen LogP contribution is 2.45. The van der Waals surface area contributed by atoms with Crippen LogP contribution in [0, 0.1) is 10.8 Å². The van der Waals surface area contributed by atoms with Crippen LogP contribution in [-0.2, 0) is 10.0 Å². The van der Waals surface area contributed by atoms with Gasteiger partial charge in [-0.1, -0.05) is 5.18 Å². The van der Waals surface area contributed by atoms with E-state index >= 15 is 0 Å². The Kier molecular flexibility index (Phi) is 6.70. The summed E-state index contributed by atoms with van der Waals surface area (Å²) >= 11 is 0. The third-order valence-electron chi connectivity index (χ3n) is 5.15. The summed E-state index contributed by atoms with van der Waals surface area (Å²) in [4.78, 5) is 20.3. The fourth-order valence-corrected chi connectivity index (χ4v) is 3.79. The van der Waals surface area contributed by atoms with E-state index in [0.717, 1.165) is 24.7 Å². The number of nitrogens with zero attached hydrogens (tertiary/aromatic N) is 3. The molecule has 11 heteroatoms. The minimum atomic E-state index is -3.26. The number of aromatic nitrogens is 2. The van der Waals surface area contributed by atoms with Crippen LogP contribution in [0.1, 0.15) is 24.8 Å². The summed E-state index contributed by atoms with van der Waals surface area (Å²) in [6.45, 7) is 0.359. The van der Waals surface area contributed by atoms with Crippen molar-refractivity contribution in [3.63, 3.8) is 0 Å². The second kappa shape index (κ2) is 9.67. The molecule has 4 rings (SSSR count). The second-order valence-electron chi connectivity index (χ2n) is 7.75. The van der Waals surface area contributed by atoms with E-state index < -0.39 is 16.1 Å². The molecule has 0 bridgehead atoms. The molecule has 1 unspecified atom stereocenters. The number of benzene rings is 1. The van der Waals surface area contributed by atoms with Crippen molar-refractivity contribution in [1.29, 1.82) is 0 Å². The molecule has 174 valence electrons. The van der Waals surface area contributed by atoms with E-state index in [9.17, 15) is 13.3 Å². The summed E-state index contributed by atoms with van der Waals surface area (Å²) < 4.78 is 41.4. The maximum atomic E-state index is 11.5. The van der Waals surface area contributed by atoms with Gasteiger partial charge in [-0.2, -0.15) is 0 Å². The van der Waals surface area contributed by atoms with Crippen LogP contribution in [0.4, 0.5) is 0 Å². The highest BCUT2D eigenvalue weighted by atomic mass is 32.2. The Bertz CT molecular complexity index is 1200. The van der Waals surface area contributed by atoms with Crippen molar-refractivity contribution in [1.82, 2.24) is 14.7 Å². The van der Waals surface area contributed by atoms with E-state index in [4.69, 9.17) is 13.9 Å². The Morgan fingerprint density at radius 1 is 1.18 bits per heavy atom. The van der Waals surface area contributed by atoms with Gasteiger partial charge in [0.15, 0.2) is 11.8 Å². The normalized spacial score (nSPS) is 14.6. The molecule has 1 saturated carbocycles. The molecule has 1 atom stereocenters. The molecule has 2 aromatic heterocycles. The van der Waals surface area contributed by atoms with Gasteiger partial charge in [-0.25, -0.2) is 23.1 Å². The van der Waals surface area contributed by atoms with Crippen molar-refractivity contribution in [3.05, 3.63) is 53.4 Å². The van der Waals surface area contributed by atoms with E-state index in [1.54, 1.807) is 31.5 Å². The summed E-state index contributed by atoms with van der Waals surface area (Å²) in [6, 6.07) is 10.1. The first-order valence-corrected chi connectivity index (χ1v) is 12.3. The summed E-state index contributed by atoms with van der Waals surface area (Å²) in [5, 5.41) is 3.25. The van der Waals surface area contributed by atoms with Gasteiger partial charge in [0.25, 0.3) is 0 Å². The molecule has 1 aliphatic carbocycles. The van der Waals surface area contributed by atoms with Crippen molar-refractivity contribution >= 4 is 10.0 Å². The lowest BCUT2D eigenvalue weighted by atomic mass is 10.1. The second-order valence-corrected chi connectivity index (χ2v) is 9.58. The SMILES string of the molecule is COc1ccc(-c2nc(C(N=O)C3CC3)oc2-c2ccc(OCCNS(C)(=O)=O)cc2)cn1.